The van der Waals surface area contributed by atoms with Crippen LogP contribution in [0.3, 0.4) is 0 Å². The van der Waals surface area contributed by atoms with Gasteiger partial charge in [-0.05, 0) is 79.7 Å². The second-order valence-electron chi connectivity index (χ2n) is 7.80. The molecule has 1 heterocycles. The van der Waals surface area contributed by atoms with Gasteiger partial charge >= 0.3 is 0 Å². The Bertz CT molecular complexity index is 260. The van der Waals surface area contributed by atoms with E-state index in [0.29, 0.717) is 0 Å². The van der Waals surface area contributed by atoms with E-state index < -0.39 is 0 Å². The summed E-state index contributed by atoms with van der Waals surface area (Å²) in [5.41, 5.74) is 0.270. The van der Waals surface area contributed by atoms with Gasteiger partial charge in [0.25, 0.3) is 0 Å². The van der Waals surface area contributed by atoms with Gasteiger partial charge in [0.1, 0.15) is 0 Å². The van der Waals surface area contributed by atoms with Gasteiger partial charge in [0.15, 0.2) is 0 Å². The third-order valence-corrected chi connectivity index (χ3v) is 4.52. The number of hydrogen-bond acceptors (Lipinski definition) is 3. The fourth-order valence-electron chi connectivity index (χ4n) is 3.23. The number of unbranched alkanes of at least 4 members (excludes halogenated alkanes) is 3. The summed E-state index contributed by atoms with van der Waals surface area (Å²) in [6, 6.07) is 0.778. The van der Waals surface area contributed by atoms with Crippen LogP contribution in [0.2, 0.25) is 0 Å². The lowest BCUT2D eigenvalue weighted by Gasteiger charge is -2.30. The molecule has 0 amide bonds. The lowest BCUT2D eigenvalue weighted by atomic mass is 10.1. The summed E-state index contributed by atoms with van der Waals surface area (Å²) in [5, 5.41) is 3.58. The predicted octanol–water partition coefficient (Wildman–Crippen LogP) is 3.35. The SMILES string of the molecule is CCC1CN(C)CCCN1CCCCCCNC(C)(C)C. The Labute approximate surface area is 133 Å². The molecule has 1 aliphatic rings. The van der Waals surface area contributed by atoms with E-state index >= 15 is 0 Å². The van der Waals surface area contributed by atoms with Crippen LogP contribution in [-0.4, -0.2) is 61.2 Å². The summed E-state index contributed by atoms with van der Waals surface area (Å²) in [6.07, 6.45) is 8.07. The van der Waals surface area contributed by atoms with Crippen molar-refractivity contribution >= 4 is 0 Å². The molecule has 1 atom stereocenters. The maximum Gasteiger partial charge on any atom is 0.0220 e. The smallest absolute Gasteiger partial charge is 0.0220 e. The largest absolute Gasteiger partial charge is 0.312 e. The third kappa shape index (κ3) is 8.80. The fourth-order valence-corrected chi connectivity index (χ4v) is 3.23. The van der Waals surface area contributed by atoms with E-state index in [4.69, 9.17) is 0 Å². The number of hydrogen-bond donors (Lipinski definition) is 1. The van der Waals surface area contributed by atoms with Crippen LogP contribution >= 0.6 is 0 Å². The highest BCUT2D eigenvalue weighted by atomic mass is 15.2. The first-order valence-corrected chi connectivity index (χ1v) is 9.10. The van der Waals surface area contributed by atoms with Crippen LogP contribution < -0.4 is 5.32 Å². The lowest BCUT2D eigenvalue weighted by Crippen LogP contribution is -2.40. The normalized spacial score (nSPS) is 22.4. The van der Waals surface area contributed by atoms with Gasteiger partial charge in [0.05, 0.1) is 0 Å². The zero-order valence-corrected chi connectivity index (χ0v) is 15.2. The van der Waals surface area contributed by atoms with Gasteiger partial charge < -0.3 is 10.2 Å². The minimum atomic E-state index is 0.270. The fraction of sp³-hybridized carbons (Fsp3) is 1.00. The van der Waals surface area contributed by atoms with Crippen LogP contribution in [0.5, 0.6) is 0 Å². The Morgan fingerprint density at radius 1 is 1.05 bits per heavy atom. The minimum absolute atomic E-state index is 0.270. The Morgan fingerprint density at radius 2 is 1.76 bits per heavy atom. The highest BCUT2D eigenvalue weighted by molar-refractivity contribution is 4.77. The molecule has 0 bridgehead atoms. The molecule has 0 aliphatic carbocycles. The van der Waals surface area contributed by atoms with E-state index in [9.17, 15) is 0 Å². The maximum absolute atomic E-state index is 3.58. The van der Waals surface area contributed by atoms with Gasteiger partial charge in [-0.3, -0.25) is 4.90 Å². The molecule has 1 rings (SSSR count). The summed E-state index contributed by atoms with van der Waals surface area (Å²) < 4.78 is 0. The molecule has 1 saturated heterocycles. The molecule has 1 unspecified atom stereocenters. The van der Waals surface area contributed by atoms with Crippen LogP contribution in [0.15, 0.2) is 0 Å². The second kappa shape index (κ2) is 9.81. The Morgan fingerprint density at radius 3 is 2.43 bits per heavy atom. The summed E-state index contributed by atoms with van der Waals surface area (Å²) >= 11 is 0. The van der Waals surface area contributed by atoms with Crippen molar-refractivity contribution in [3.8, 4) is 0 Å². The van der Waals surface area contributed by atoms with Crippen molar-refractivity contribution in [2.45, 2.75) is 77.8 Å². The Hall–Kier alpha value is -0.120. The molecule has 0 aromatic carbocycles. The van der Waals surface area contributed by atoms with Gasteiger partial charge in [0.2, 0.25) is 0 Å². The van der Waals surface area contributed by atoms with Crippen molar-refractivity contribution in [1.82, 2.24) is 15.1 Å². The van der Waals surface area contributed by atoms with Crippen LogP contribution in [0.1, 0.15) is 66.2 Å². The number of likely N-dealkylation sites (N-methyl/N-ethyl adjacent to an activating group) is 1. The molecular weight excluding hydrogens is 258 g/mol. The first-order chi connectivity index (χ1) is 9.92. The first-order valence-electron chi connectivity index (χ1n) is 9.10. The van der Waals surface area contributed by atoms with Gasteiger partial charge in [-0.15, -0.1) is 0 Å². The molecule has 3 heteroatoms. The zero-order chi connectivity index (χ0) is 15.7. The van der Waals surface area contributed by atoms with Crippen molar-refractivity contribution in [2.75, 3.05) is 39.8 Å². The van der Waals surface area contributed by atoms with Gasteiger partial charge in [-0.1, -0.05) is 19.8 Å². The van der Waals surface area contributed by atoms with Crippen molar-refractivity contribution in [3.05, 3.63) is 0 Å². The molecule has 0 spiro atoms. The van der Waals surface area contributed by atoms with Crippen LogP contribution in [0, 0.1) is 0 Å². The molecule has 21 heavy (non-hydrogen) atoms. The Kier molecular flexibility index (Phi) is 8.84. The summed E-state index contributed by atoms with van der Waals surface area (Å²) in [5.74, 6) is 0. The van der Waals surface area contributed by atoms with Crippen LogP contribution in [-0.2, 0) is 0 Å². The standard InChI is InChI=1S/C18H39N3/c1-6-17-16-20(5)13-11-15-21(17)14-10-8-7-9-12-19-18(2,3)4/h17,19H,6-16H2,1-5H3. The van der Waals surface area contributed by atoms with Crippen molar-refractivity contribution in [3.63, 3.8) is 0 Å². The summed E-state index contributed by atoms with van der Waals surface area (Å²) in [4.78, 5) is 5.25. The van der Waals surface area contributed by atoms with E-state index in [2.05, 4.69) is 49.9 Å². The van der Waals surface area contributed by atoms with E-state index in [0.717, 1.165) is 12.6 Å². The molecular formula is C18H39N3. The molecule has 0 aromatic heterocycles. The molecule has 1 fully saturated rings. The highest BCUT2D eigenvalue weighted by Crippen LogP contribution is 2.13. The van der Waals surface area contributed by atoms with Crippen LogP contribution in [0.25, 0.3) is 0 Å². The zero-order valence-electron chi connectivity index (χ0n) is 15.2. The predicted molar refractivity (Wildman–Crippen MR) is 94.0 cm³/mol. The minimum Gasteiger partial charge on any atom is -0.312 e. The molecule has 126 valence electrons. The molecule has 3 nitrogen and oxygen atoms in total. The number of nitrogens with zero attached hydrogens (tertiary/aromatic N) is 2. The van der Waals surface area contributed by atoms with Crippen molar-refractivity contribution in [2.24, 2.45) is 0 Å². The average molecular weight is 298 g/mol. The van der Waals surface area contributed by atoms with Gasteiger partial charge in [-0.25, -0.2) is 0 Å². The highest BCUT2D eigenvalue weighted by Gasteiger charge is 2.21. The van der Waals surface area contributed by atoms with E-state index in [-0.39, 0.29) is 5.54 Å². The summed E-state index contributed by atoms with van der Waals surface area (Å²) in [6.45, 7) is 15.4. The summed E-state index contributed by atoms with van der Waals surface area (Å²) in [7, 11) is 2.27. The van der Waals surface area contributed by atoms with E-state index in [1.807, 2.05) is 0 Å². The molecule has 1 aliphatic heterocycles. The Balaban J connectivity index is 2.10. The van der Waals surface area contributed by atoms with Crippen molar-refractivity contribution in [1.29, 1.82) is 0 Å². The number of nitrogens with one attached hydrogen (secondary N) is 1. The van der Waals surface area contributed by atoms with Crippen molar-refractivity contribution < 1.29 is 0 Å². The molecule has 0 aromatic rings. The third-order valence-electron chi connectivity index (χ3n) is 4.52. The van der Waals surface area contributed by atoms with Gasteiger partial charge in [-0.2, -0.15) is 0 Å². The molecule has 1 N–H and O–H groups in total. The maximum atomic E-state index is 3.58. The second-order valence-corrected chi connectivity index (χ2v) is 7.80. The topological polar surface area (TPSA) is 18.5 Å². The first kappa shape index (κ1) is 18.9. The lowest BCUT2D eigenvalue weighted by molar-refractivity contribution is 0.180. The molecule has 0 radical (unpaired) electrons. The average Bonchev–Trinajstić information content (AvgIpc) is 2.58. The quantitative estimate of drug-likeness (QED) is 0.693. The number of rotatable bonds is 8. The van der Waals surface area contributed by atoms with Gasteiger partial charge in [0, 0.05) is 18.1 Å². The van der Waals surface area contributed by atoms with E-state index in [1.54, 1.807) is 0 Å². The molecule has 0 saturated carbocycles. The monoisotopic (exact) mass is 297 g/mol. The van der Waals surface area contributed by atoms with E-state index in [1.165, 1.54) is 64.7 Å². The van der Waals surface area contributed by atoms with Crippen LogP contribution in [0.4, 0.5) is 0 Å².